The molecular weight excluding hydrogens is 218 g/mol. The van der Waals surface area contributed by atoms with E-state index in [1.54, 1.807) is 11.3 Å². The molecule has 0 radical (unpaired) electrons. The van der Waals surface area contributed by atoms with Crippen molar-refractivity contribution in [1.82, 2.24) is 4.90 Å². The Morgan fingerprint density at radius 1 is 1.62 bits per heavy atom. The summed E-state index contributed by atoms with van der Waals surface area (Å²) in [6.07, 6.45) is 3.30. The molecule has 0 amide bonds. The highest BCUT2D eigenvalue weighted by Gasteiger charge is 2.17. The van der Waals surface area contributed by atoms with E-state index in [-0.39, 0.29) is 0 Å². The van der Waals surface area contributed by atoms with E-state index < -0.39 is 0 Å². The van der Waals surface area contributed by atoms with Gasteiger partial charge in [0.05, 0.1) is 4.88 Å². The molecule has 0 N–H and O–H groups in total. The van der Waals surface area contributed by atoms with Gasteiger partial charge in [-0.3, -0.25) is 4.79 Å². The summed E-state index contributed by atoms with van der Waals surface area (Å²) in [4.78, 5) is 15.2. The number of piperidine rings is 1. The van der Waals surface area contributed by atoms with Gasteiger partial charge in [0.25, 0.3) is 0 Å². The molecule has 0 aromatic carbocycles. The molecule has 2 heterocycles. The Kier molecular flexibility index (Phi) is 4.13. The van der Waals surface area contributed by atoms with E-state index in [2.05, 4.69) is 11.8 Å². The number of Topliss-reactive ketones (excluding diaryl/α,β-unsaturated/α-hetero) is 1. The molecule has 1 aliphatic rings. The van der Waals surface area contributed by atoms with Gasteiger partial charge in [-0.15, -0.1) is 11.3 Å². The Morgan fingerprint density at radius 3 is 3.19 bits per heavy atom. The van der Waals surface area contributed by atoms with E-state index in [0.717, 1.165) is 23.9 Å². The van der Waals surface area contributed by atoms with Gasteiger partial charge in [-0.05, 0) is 36.8 Å². The van der Waals surface area contributed by atoms with Gasteiger partial charge in [0.2, 0.25) is 0 Å². The zero-order chi connectivity index (χ0) is 11.4. The van der Waals surface area contributed by atoms with E-state index in [9.17, 15) is 4.79 Å². The maximum absolute atomic E-state index is 11.8. The summed E-state index contributed by atoms with van der Waals surface area (Å²) in [5.74, 6) is 1.10. The molecular formula is C13H19NOS. The second kappa shape index (κ2) is 5.60. The minimum atomic E-state index is 0.299. The Morgan fingerprint density at radius 2 is 2.50 bits per heavy atom. The lowest BCUT2D eigenvalue weighted by Crippen LogP contribution is -2.35. The summed E-state index contributed by atoms with van der Waals surface area (Å²) in [5.41, 5.74) is 0. The van der Waals surface area contributed by atoms with Gasteiger partial charge in [-0.1, -0.05) is 13.0 Å². The second-order valence-corrected chi connectivity index (χ2v) is 5.65. The summed E-state index contributed by atoms with van der Waals surface area (Å²) < 4.78 is 0. The molecule has 1 fully saturated rings. The average Bonchev–Trinajstić information content (AvgIpc) is 2.79. The molecule has 0 aliphatic carbocycles. The third kappa shape index (κ3) is 3.16. The summed E-state index contributed by atoms with van der Waals surface area (Å²) in [6.45, 7) is 5.56. The molecule has 1 aromatic rings. The van der Waals surface area contributed by atoms with E-state index >= 15 is 0 Å². The summed E-state index contributed by atoms with van der Waals surface area (Å²) in [7, 11) is 0. The Labute approximate surface area is 101 Å². The van der Waals surface area contributed by atoms with Crippen LogP contribution in [0.2, 0.25) is 0 Å². The van der Waals surface area contributed by atoms with Crippen LogP contribution in [0.15, 0.2) is 17.5 Å². The van der Waals surface area contributed by atoms with Crippen molar-refractivity contribution in [2.45, 2.75) is 26.2 Å². The van der Waals surface area contributed by atoms with Crippen LogP contribution in [-0.4, -0.2) is 30.3 Å². The first-order valence-electron chi connectivity index (χ1n) is 6.05. The van der Waals surface area contributed by atoms with Gasteiger partial charge in [0, 0.05) is 19.5 Å². The van der Waals surface area contributed by atoms with Crippen molar-refractivity contribution in [3.8, 4) is 0 Å². The zero-order valence-electron chi connectivity index (χ0n) is 9.82. The van der Waals surface area contributed by atoms with Crippen LogP contribution in [0, 0.1) is 5.92 Å². The van der Waals surface area contributed by atoms with Gasteiger partial charge < -0.3 is 4.90 Å². The molecule has 0 spiro atoms. The van der Waals surface area contributed by atoms with Crippen molar-refractivity contribution in [2.24, 2.45) is 5.92 Å². The highest BCUT2D eigenvalue weighted by Crippen LogP contribution is 2.17. The molecule has 2 rings (SSSR count). The molecule has 1 aromatic heterocycles. The summed E-state index contributed by atoms with van der Waals surface area (Å²) in [6, 6.07) is 3.87. The Balaban J connectivity index is 1.77. The number of likely N-dealkylation sites (tertiary alicyclic amines) is 1. The maximum atomic E-state index is 11.8. The molecule has 2 nitrogen and oxygen atoms in total. The van der Waals surface area contributed by atoms with E-state index in [0.29, 0.717) is 12.2 Å². The van der Waals surface area contributed by atoms with Crippen molar-refractivity contribution in [1.29, 1.82) is 0 Å². The smallest absolute Gasteiger partial charge is 0.174 e. The quantitative estimate of drug-likeness (QED) is 0.750. The van der Waals surface area contributed by atoms with Crippen molar-refractivity contribution >= 4 is 17.1 Å². The number of ketones is 1. The van der Waals surface area contributed by atoms with Gasteiger partial charge >= 0.3 is 0 Å². The first-order valence-corrected chi connectivity index (χ1v) is 6.93. The normalized spacial score (nSPS) is 22.2. The van der Waals surface area contributed by atoms with Crippen LogP contribution < -0.4 is 0 Å². The van der Waals surface area contributed by atoms with Crippen molar-refractivity contribution < 1.29 is 4.79 Å². The second-order valence-electron chi connectivity index (χ2n) is 4.70. The predicted molar refractivity (Wildman–Crippen MR) is 68.1 cm³/mol. The highest BCUT2D eigenvalue weighted by molar-refractivity contribution is 7.12. The molecule has 1 atom stereocenters. The van der Waals surface area contributed by atoms with E-state index in [1.165, 1.54) is 19.4 Å². The maximum Gasteiger partial charge on any atom is 0.174 e. The average molecular weight is 237 g/mol. The predicted octanol–water partition coefficient (Wildman–Crippen LogP) is 3.05. The van der Waals surface area contributed by atoms with Gasteiger partial charge in [-0.2, -0.15) is 0 Å². The fourth-order valence-corrected chi connectivity index (χ4v) is 3.00. The minimum Gasteiger partial charge on any atom is -0.303 e. The van der Waals surface area contributed by atoms with Crippen molar-refractivity contribution in [3.63, 3.8) is 0 Å². The van der Waals surface area contributed by atoms with Crippen LogP contribution in [-0.2, 0) is 0 Å². The fourth-order valence-electron chi connectivity index (χ4n) is 2.31. The van der Waals surface area contributed by atoms with E-state index in [1.807, 2.05) is 17.5 Å². The topological polar surface area (TPSA) is 20.3 Å². The Bertz CT molecular complexity index is 334. The third-order valence-electron chi connectivity index (χ3n) is 3.19. The lowest BCUT2D eigenvalue weighted by Gasteiger charge is -2.30. The minimum absolute atomic E-state index is 0.299. The molecule has 0 unspecified atom stereocenters. The number of nitrogens with zero attached hydrogens (tertiary/aromatic N) is 1. The molecule has 0 bridgehead atoms. The summed E-state index contributed by atoms with van der Waals surface area (Å²) in [5, 5.41) is 1.97. The molecule has 88 valence electrons. The van der Waals surface area contributed by atoms with E-state index in [4.69, 9.17) is 0 Å². The molecule has 0 saturated carbocycles. The SMILES string of the molecule is C[C@@H]1CCCN(CCC(=O)c2cccs2)C1. The summed E-state index contributed by atoms with van der Waals surface area (Å²) >= 11 is 1.55. The lowest BCUT2D eigenvalue weighted by atomic mass is 10.00. The van der Waals surface area contributed by atoms with Gasteiger partial charge in [0.1, 0.15) is 0 Å². The molecule has 1 saturated heterocycles. The van der Waals surface area contributed by atoms with Crippen LogP contribution >= 0.6 is 11.3 Å². The standard InChI is InChI=1S/C13H19NOS/c1-11-4-2-7-14(10-11)8-6-12(15)13-5-3-9-16-13/h3,5,9,11H,2,4,6-8,10H2,1H3/t11-/m1/s1. The van der Waals surface area contributed by atoms with Crippen LogP contribution in [0.4, 0.5) is 0 Å². The van der Waals surface area contributed by atoms with Gasteiger partial charge in [0.15, 0.2) is 5.78 Å². The Hall–Kier alpha value is -0.670. The number of thiophene rings is 1. The molecule has 16 heavy (non-hydrogen) atoms. The van der Waals surface area contributed by atoms with Crippen molar-refractivity contribution in [3.05, 3.63) is 22.4 Å². The largest absolute Gasteiger partial charge is 0.303 e. The van der Waals surface area contributed by atoms with Crippen LogP contribution in [0.25, 0.3) is 0 Å². The number of carbonyl (C=O) groups excluding carboxylic acids is 1. The van der Waals surface area contributed by atoms with Crippen LogP contribution in [0.5, 0.6) is 0 Å². The van der Waals surface area contributed by atoms with Crippen LogP contribution in [0.1, 0.15) is 35.9 Å². The fraction of sp³-hybridized carbons (Fsp3) is 0.615. The third-order valence-corrected chi connectivity index (χ3v) is 4.10. The first-order chi connectivity index (χ1) is 7.75. The molecule has 1 aliphatic heterocycles. The number of rotatable bonds is 4. The molecule has 3 heteroatoms. The zero-order valence-corrected chi connectivity index (χ0v) is 10.6. The van der Waals surface area contributed by atoms with Crippen molar-refractivity contribution in [2.75, 3.05) is 19.6 Å². The first kappa shape index (κ1) is 11.8. The lowest BCUT2D eigenvalue weighted by molar-refractivity contribution is 0.0953. The van der Waals surface area contributed by atoms with Crippen LogP contribution in [0.3, 0.4) is 0 Å². The number of carbonyl (C=O) groups is 1. The number of hydrogen-bond acceptors (Lipinski definition) is 3. The highest BCUT2D eigenvalue weighted by atomic mass is 32.1. The number of hydrogen-bond donors (Lipinski definition) is 0. The monoisotopic (exact) mass is 237 g/mol. The van der Waals surface area contributed by atoms with Gasteiger partial charge in [-0.25, -0.2) is 0 Å².